The van der Waals surface area contributed by atoms with Crippen LogP contribution in [0.4, 0.5) is 0 Å². The van der Waals surface area contributed by atoms with E-state index in [-0.39, 0.29) is 19.8 Å². The van der Waals surface area contributed by atoms with E-state index in [1.165, 1.54) is 6.92 Å². The molecule has 12 heteroatoms. The van der Waals surface area contributed by atoms with E-state index in [1.807, 2.05) is 0 Å². The van der Waals surface area contributed by atoms with Crippen LogP contribution in [0, 0.1) is 0 Å². The molecule has 20 heavy (non-hydrogen) atoms. The third-order valence-corrected chi connectivity index (χ3v) is 2.48. The number of alkyl halides is 9. The third-order valence-electron chi connectivity index (χ3n) is 1.49. The molecule has 0 aliphatic carbocycles. The molecule has 0 aromatic carbocycles. The van der Waals surface area contributed by atoms with E-state index in [1.54, 1.807) is 0 Å². The zero-order valence-electron chi connectivity index (χ0n) is 9.75. The Morgan fingerprint density at radius 3 is 0.900 bits per heavy atom. The van der Waals surface area contributed by atoms with Gasteiger partial charge in [-0.05, 0) is 0 Å². The van der Waals surface area contributed by atoms with Crippen LogP contribution in [0.3, 0.4) is 0 Å². The molecule has 0 N–H and O–H groups in total. The number of ether oxygens (including phenoxy) is 3. The summed E-state index contributed by atoms with van der Waals surface area (Å²) in [5, 5.41) is 0. The molecule has 0 fully saturated rings. The average molecular weight is 472 g/mol. The first-order valence-corrected chi connectivity index (χ1v) is 8.14. The maximum atomic E-state index is 5.56. The molecule has 0 atom stereocenters. The minimum absolute atomic E-state index is 0.367. The molecule has 0 saturated carbocycles. The Balaban J connectivity index is 4.66. The van der Waals surface area contributed by atoms with Crippen LogP contribution in [-0.4, -0.2) is 37.2 Å². The fourth-order valence-electron chi connectivity index (χ4n) is 0.764. The lowest BCUT2D eigenvalue weighted by Crippen LogP contribution is -2.42. The summed E-state index contributed by atoms with van der Waals surface area (Å²) in [4.78, 5) is 0. The van der Waals surface area contributed by atoms with Crippen molar-refractivity contribution in [3.63, 3.8) is 0 Å². The second kappa shape index (κ2) is 8.55. The van der Waals surface area contributed by atoms with Crippen LogP contribution in [0.1, 0.15) is 6.92 Å². The first-order chi connectivity index (χ1) is 8.62. The van der Waals surface area contributed by atoms with E-state index in [0.29, 0.717) is 0 Å². The summed E-state index contributed by atoms with van der Waals surface area (Å²) in [6.07, 6.45) is 0. The van der Waals surface area contributed by atoms with Crippen LogP contribution in [0.15, 0.2) is 0 Å². The summed E-state index contributed by atoms with van der Waals surface area (Å²) in [5.74, 6) is -1.74. The Bertz CT molecular complexity index is 247. The monoisotopic (exact) mass is 468 g/mol. The predicted octanol–water partition coefficient (Wildman–Crippen LogP) is 5.82. The maximum Gasteiger partial charge on any atom is 0.280 e. The van der Waals surface area contributed by atoms with Crippen molar-refractivity contribution < 1.29 is 14.2 Å². The molecule has 0 saturated heterocycles. The van der Waals surface area contributed by atoms with Crippen LogP contribution >= 0.6 is 104 Å². The van der Waals surface area contributed by atoms with E-state index in [4.69, 9.17) is 119 Å². The fraction of sp³-hybridized carbons (Fsp3) is 1.00. The highest BCUT2D eigenvalue weighted by Gasteiger charge is 2.37. The van der Waals surface area contributed by atoms with E-state index in [2.05, 4.69) is 0 Å². The minimum Gasteiger partial charge on any atom is -0.323 e. The van der Waals surface area contributed by atoms with Gasteiger partial charge < -0.3 is 14.2 Å². The van der Waals surface area contributed by atoms with E-state index in [0.717, 1.165) is 0 Å². The van der Waals surface area contributed by atoms with Gasteiger partial charge in [0.15, 0.2) is 0 Å². The van der Waals surface area contributed by atoms with Crippen LogP contribution in [0.25, 0.3) is 0 Å². The molecular formula is C8H9Cl9O3. The molecule has 0 rings (SSSR count). The lowest BCUT2D eigenvalue weighted by atomic mass is 10.6. The van der Waals surface area contributed by atoms with Gasteiger partial charge in [-0.15, -0.1) is 0 Å². The van der Waals surface area contributed by atoms with Crippen LogP contribution in [0.5, 0.6) is 0 Å². The maximum absolute atomic E-state index is 5.56. The molecule has 0 unspecified atom stereocenters. The second-order valence-corrected chi connectivity index (χ2v) is 11.1. The molecule has 0 aliphatic rings. The Morgan fingerprint density at radius 2 is 0.750 bits per heavy atom. The van der Waals surface area contributed by atoms with Gasteiger partial charge in [-0.25, -0.2) is 0 Å². The molecule has 0 aromatic rings. The number of hydrogen-bond acceptors (Lipinski definition) is 3. The summed E-state index contributed by atoms with van der Waals surface area (Å²) < 4.78 is 10.5. The first kappa shape index (κ1) is 22.5. The highest BCUT2D eigenvalue weighted by atomic mass is 35.6. The number of hydrogen-bond donors (Lipinski definition) is 0. The van der Waals surface area contributed by atoms with Crippen molar-refractivity contribution in [2.24, 2.45) is 0 Å². The average Bonchev–Trinajstić information content (AvgIpc) is 2.18. The molecule has 0 aromatic heterocycles. The van der Waals surface area contributed by atoms with E-state index >= 15 is 0 Å². The second-order valence-electron chi connectivity index (χ2n) is 3.57. The molecule has 3 nitrogen and oxygen atoms in total. The normalized spacial score (nSPS) is 14.7. The molecule has 122 valence electrons. The highest BCUT2D eigenvalue weighted by Crippen LogP contribution is 2.34. The number of halogens is 9. The topological polar surface area (TPSA) is 27.7 Å². The summed E-state index contributed by atoms with van der Waals surface area (Å²) in [7, 11) is 0. The van der Waals surface area contributed by atoms with Gasteiger partial charge in [0.1, 0.15) is 0 Å². The van der Waals surface area contributed by atoms with E-state index in [9.17, 15) is 0 Å². The summed E-state index contributed by atoms with van der Waals surface area (Å²) >= 11 is 50.0. The van der Waals surface area contributed by atoms with Gasteiger partial charge in [-0.3, -0.25) is 0 Å². The molecular weight excluding hydrogens is 463 g/mol. The van der Waals surface area contributed by atoms with Crippen molar-refractivity contribution in [3.05, 3.63) is 0 Å². The van der Waals surface area contributed by atoms with Crippen LogP contribution in [-0.2, 0) is 14.2 Å². The number of rotatable bonds is 6. The summed E-state index contributed by atoms with van der Waals surface area (Å²) in [5.41, 5.74) is 0. The molecule has 0 spiro atoms. The minimum atomic E-state index is -1.74. The van der Waals surface area contributed by atoms with Crippen molar-refractivity contribution in [3.8, 4) is 0 Å². The quantitative estimate of drug-likeness (QED) is 0.360. The molecule has 0 amide bonds. The lowest BCUT2D eigenvalue weighted by Gasteiger charge is -2.33. The molecule has 0 aliphatic heterocycles. The lowest BCUT2D eigenvalue weighted by molar-refractivity contribution is -0.368. The van der Waals surface area contributed by atoms with Gasteiger partial charge in [0, 0.05) is 6.92 Å². The van der Waals surface area contributed by atoms with Crippen LogP contribution < -0.4 is 0 Å². The zero-order valence-corrected chi connectivity index (χ0v) is 16.6. The van der Waals surface area contributed by atoms with Gasteiger partial charge in [-0.2, -0.15) is 0 Å². The van der Waals surface area contributed by atoms with Crippen molar-refractivity contribution in [2.45, 2.75) is 24.3 Å². The zero-order chi connectivity index (χ0) is 16.2. The van der Waals surface area contributed by atoms with Crippen molar-refractivity contribution in [1.29, 1.82) is 0 Å². The Labute approximate surface area is 161 Å². The molecule has 0 heterocycles. The SMILES string of the molecule is CC(OCC(Cl)(Cl)Cl)(OCC(Cl)(Cl)Cl)OCC(Cl)(Cl)Cl. The first-order valence-electron chi connectivity index (χ1n) is 4.74. The Morgan fingerprint density at radius 1 is 0.550 bits per heavy atom. The van der Waals surface area contributed by atoms with Crippen molar-refractivity contribution in [2.75, 3.05) is 19.8 Å². The molecule has 0 radical (unpaired) electrons. The third kappa shape index (κ3) is 14.1. The fourth-order valence-corrected chi connectivity index (χ4v) is 1.25. The van der Waals surface area contributed by atoms with Crippen molar-refractivity contribution >= 4 is 104 Å². The van der Waals surface area contributed by atoms with Gasteiger partial charge in [-0.1, -0.05) is 104 Å². The van der Waals surface area contributed by atoms with Gasteiger partial charge >= 0.3 is 0 Å². The highest BCUT2D eigenvalue weighted by molar-refractivity contribution is 6.68. The predicted molar refractivity (Wildman–Crippen MR) is 87.1 cm³/mol. The van der Waals surface area contributed by atoms with Gasteiger partial charge in [0.2, 0.25) is 11.4 Å². The standard InChI is InChI=1S/C8H9Cl9O3/c1-5(18-2-6(9,10)11,19-3-7(12,13)14)20-4-8(15,16)17/h2-4H2,1H3. The Kier molecular flexibility index (Phi) is 9.61. The Hall–Kier alpha value is 2.49. The van der Waals surface area contributed by atoms with Gasteiger partial charge in [0.05, 0.1) is 19.8 Å². The largest absolute Gasteiger partial charge is 0.323 e. The van der Waals surface area contributed by atoms with Crippen LogP contribution in [0.2, 0.25) is 0 Å². The van der Waals surface area contributed by atoms with E-state index < -0.39 is 17.4 Å². The molecule has 0 bridgehead atoms. The van der Waals surface area contributed by atoms with Gasteiger partial charge in [0.25, 0.3) is 5.97 Å². The summed E-state index contributed by atoms with van der Waals surface area (Å²) in [6.45, 7) is 0.242. The smallest absolute Gasteiger partial charge is 0.280 e. The summed E-state index contributed by atoms with van der Waals surface area (Å²) in [6, 6.07) is 0. The van der Waals surface area contributed by atoms with Crippen molar-refractivity contribution in [1.82, 2.24) is 0 Å².